The van der Waals surface area contributed by atoms with E-state index in [1.807, 2.05) is 0 Å². The summed E-state index contributed by atoms with van der Waals surface area (Å²) in [5.74, 6) is -0.931. The zero-order chi connectivity index (χ0) is 15.0. The molecule has 1 aliphatic carbocycles. The van der Waals surface area contributed by atoms with Crippen molar-refractivity contribution in [2.75, 3.05) is 11.9 Å². The van der Waals surface area contributed by atoms with Crippen LogP contribution in [-0.4, -0.2) is 23.5 Å². The molecule has 0 bridgehead atoms. The number of anilines is 1. The number of hydrogen-bond acceptors (Lipinski definition) is 3. The number of carboxylic acids is 1. The SMILES string of the molecule is CC(C)(C(=O)O)c1ccc(NC(=O)C2(CN)CC2)cc1. The Morgan fingerprint density at radius 2 is 1.85 bits per heavy atom. The van der Waals surface area contributed by atoms with Gasteiger partial charge in [-0.15, -0.1) is 0 Å². The van der Waals surface area contributed by atoms with Crippen molar-refractivity contribution in [3.05, 3.63) is 29.8 Å². The van der Waals surface area contributed by atoms with Crippen LogP contribution in [0.5, 0.6) is 0 Å². The van der Waals surface area contributed by atoms with Crippen LogP contribution in [0.4, 0.5) is 5.69 Å². The normalized spacial score (nSPS) is 16.6. The predicted octanol–water partition coefficient (Wildman–Crippen LogP) is 1.73. The van der Waals surface area contributed by atoms with Gasteiger partial charge in [0.15, 0.2) is 0 Å². The fourth-order valence-corrected chi connectivity index (χ4v) is 2.03. The van der Waals surface area contributed by atoms with Gasteiger partial charge in [0, 0.05) is 12.2 Å². The molecule has 0 saturated heterocycles. The smallest absolute Gasteiger partial charge is 0.313 e. The van der Waals surface area contributed by atoms with Gasteiger partial charge >= 0.3 is 5.97 Å². The summed E-state index contributed by atoms with van der Waals surface area (Å²) in [6.07, 6.45) is 1.67. The van der Waals surface area contributed by atoms with Gasteiger partial charge in [0.1, 0.15) is 0 Å². The molecule has 0 spiro atoms. The number of benzene rings is 1. The third-order valence-electron chi connectivity index (χ3n) is 4.13. The Bertz CT molecular complexity index is 531. The molecule has 1 saturated carbocycles. The molecule has 1 aromatic carbocycles. The first-order valence-corrected chi connectivity index (χ1v) is 6.67. The van der Waals surface area contributed by atoms with E-state index in [0.717, 1.165) is 12.8 Å². The minimum absolute atomic E-state index is 0.0507. The highest BCUT2D eigenvalue weighted by Crippen LogP contribution is 2.45. The molecule has 4 N–H and O–H groups in total. The molecule has 0 aromatic heterocycles. The number of nitrogens with two attached hydrogens (primary N) is 1. The van der Waals surface area contributed by atoms with Crippen LogP contribution < -0.4 is 11.1 Å². The van der Waals surface area contributed by atoms with E-state index in [4.69, 9.17) is 5.73 Å². The maximum Gasteiger partial charge on any atom is 0.313 e. The monoisotopic (exact) mass is 276 g/mol. The Morgan fingerprint density at radius 3 is 2.25 bits per heavy atom. The van der Waals surface area contributed by atoms with Crippen LogP contribution in [0.25, 0.3) is 0 Å². The highest BCUT2D eigenvalue weighted by atomic mass is 16.4. The summed E-state index contributed by atoms with van der Waals surface area (Å²) in [5.41, 5.74) is 5.64. The van der Waals surface area contributed by atoms with E-state index < -0.39 is 11.4 Å². The molecule has 2 rings (SSSR count). The van der Waals surface area contributed by atoms with E-state index in [9.17, 15) is 14.7 Å². The third-order valence-corrected chi connectivity index (χ3v) is 4.13. The summed E-state index contributed by atoms with van der Waals surface area (Å²) in [4.78, 5) is 23.2. The van der Waals surface area contributed by atoms with Crippen molar-refractivity contribution >= 4 is 17.6 Å². The third kappa shape index (κ3) is 2.54. The van der Waals surface area contributed by atoms with Gasteiger partial charge < -0.3 is 16.2 Å². The van der Waals surface area contributed by atoms with E-state index in [-0.39, 0.29) is 11.3 Å². The van der Waals surface area contributed by atoms with Gasteiger partial charge in [-0.2, -0.15) is 0 Å². The fourth-order valence-electron chi connectivity index (χ4n) is 2.03. The number of carbonyl (C=O) groups excluding carboxylic acids is 1. The minimum Gasteiger partial charge on any atom is -0.481 e. The lowest BCUT2D eigenvalue weighted by molar-refractivity contribution is -0.142. The van der Waals surface area contributed by atoms with Gasteiger partial charge in [0.2, 0.25) is 5.91 Å². The van der Waals surface area contributed by atoms with Crippen molar-refractivity contribution in [1.29, 1.82) is 0 Å². The molecule has 0 unspecified atom stereocenters. The lowest BCUT2D eigenvalue weighted by Gasteiger charge is -2.20. The van der Waals surface area contributed by atoms with Crippen LogP contribution in [-0.2, 0) is 15.0 Å². The number of carbonyl (C=O) groups is 2. The second kappa shape index (κ2) is 4.90. The molecule has 0 atom stereocenters. The fraction of sp³-hybridized carbons (Fsp3) is 0.467. The number of nitrogens with one attached hydrogen (secondary N) is 1. The Balaban J connectivity index is 2.09. The van der Waals surface area contributed by atoms with Crippen molar-refractivity contribution < 1.29 is 14.7 Å². The molecule has 1 fully saturated rings. The van der Waals surface area contributed by atoms with Crippen molar-refractivity contribution in [2.24, 2.45) is 11.1 Å². The van der Waals surface area contributed by atoms with E-state index in [0.29, 0.717) is 17.8 Å². The van der Waals surface area contributed by atoms with Crippen LogP contribution in [0.15, 0.2) is 24.3 Å². The lowest BCUT2D eigenvalue weighted by Crippen LogP contribution is -2.31. The van der Waals surface area contributed by atoms with Gasteiger partial charge in [0.25, 0.3) is 0 Å². The molecule has 20 heavy (non-hydrogen) atoms. The van der Waals surface area contributed by atoms with Gasteiger partial charge in [-0.3, -0.25) is 9.59 Å². The summed E-state index contributed by atoms with van der Waals surface area (Å²) in [6, 6.07) is 6.91. The van der Waals surface area contributed by atoms with Crippen LogP contribution >= 0.6 is 0 Å². The molecular weight excluding hydrogens is 256 g/mol. The highest BCUT2D eigenvalue weighted by Gasteiger charge is 2.48. The van der Waals surface area contributed by atoms with Crippen LogP contribution in [0, 0.1) is 5.41 Å². The predicted molar refractivity (Wildman–Crippen MR) is 76.5 cm³/mol. The first-order valence-electron chi connectivity index (χ1n) is 6.67. The standard InChI is InChI=1S/C15H20N2O3/c1-14(2,13(19)20)10-3-5-11(6-4-10)17-12(18)15(9-16)7-8-15/h3-6H,7-9,16H2,1-2H3,(H,17,18)(H,19,20). The average Bonchev–Trinajstić information content (AvgIpc) is 3.20. The Hall–Kier alpha value is -1.88. The number of amides is 1. The molecule has 0 aliphatic heterocycles. The number of rotatable bonds is 5. The molecule has 1 aliphatic rings. The summed E-state index contributed by atoms with van der Waals surface area (Å²) in [6.45, 7) is 3.66. The molecular formula is C15H20N2O3. The first kappa shape index (κ1) is 14.5. The van der Waals surface area contributed by atoms with E-state index >= 15 is 0 Å². The van der Waals surface area contributed by atoms with E-state index in [2.05, 4.69) is 5.32 Å². The van der Waals surface area contributed by atoms with E-state index in [1.54, 1.807) is 38.1 Å². The molecule has 108 valence electrons. The van der Waals surface area contributed by atoms with Gasteiger partial charge in [-0.25, -0.2) is 0 Å². The average molecular weight is 276 g/mol. The zero-order valence-electron chi connectivity index (χ0n) is 11.8. The van der Waals surface area contributed by atoms with Crippen molar-refractivity contribution in [3.8, 4) is 0 Å². The molecule has 1 amide bonds. The quantitative estimate of drug-likeness (QED) is 0.763. The maximum absolute atomic E-state index is 12.0. The summed E-state index contributed by atoms with van der Waals surface area (Å²) in [5, 5.41) is 12.0. The Labute approximate surface area is 118 Å². The van der Waals surface area contributed by atoms with Gasteiger partial charge in [-0.1, -0.05) is 12.1 Å². The molecule has 0 radical (unpaired) electrons. The molecule has 5 nitrogen and oxygen atoms in total. The Morgan fingerprint density at radius 1 is 1.30 bits per heavy atom. The second-order valence-electron chi connectivity index (χ2n) is 5.95. The largest absolute Gasteiger partial charge is 0.481 e. The topological polar surface area (TPSA) is 92.4 Å². The minimum atomic E-state index is -0.947. The van der Waals surface area contributed by atoms with Crippen LogP contribution in [0.2, 0.25) is 0 Å². The summed E-state index contributed by atoms with van der Waals surface area (Å²) < 4.78 is 0. The number of hydrogen-bond donors (Lipinski definition) is 3. The van der Waals surface area contributed by atoms with Gasteiger partial charge in [-0.05, 0) is 44.4 Å². The molecule has 1 aromatic rings. The number of carboxylic acid groups (broad SMARTS) is 1. The lowest BCUT2D eigenvalue weighted by atomic mass is 9.85. The zero-order valence-corrected chi connectivity index (χ0v) is 11.8. The van der Waals surface area contributed by atoms with Crippen molar-refractivity contribution in [1.82, 2.24) is 0 Å². The second-order valence-corrected chi connectivity index (χ2v) is 5.95. The van der Waals surface area contributed by atoms with Gasteiger partial charge in [0.05, 0.1) is 10.8 Å². The Kier molecular flexibility index (Phi) is 3.56. The first-order chi connectivity index (χ1) is 9.32. The van der Waals surface area contributed by atoms with Crippen molar-refractivity contribution in [2.45, 2.75) is 32.1 Å². The highest BCUT2D eigenvalue weighted by molar-refractivity contribution is 5.97. The molecule has 5 heteroatoms. The van der Waals surface area contributed by atoms with Crippen molar-refractivity contribution in [3.63, 3.8) is 0 Å². The summed E-state index contributed by atoms with van der Waals surface area (Å²) in [7, 11) is 0. The molecule has 0 heterocycles. The number of aliphatic carboxylic acids is 1. The van der Waals surface area contributed by atoms with Crippen LogP contribution in [0.1, 0.15) is 32.3 Å². The summed E-state index contributed by atoms with van der Waals surface area (Å²) >= 11 is 0. The van der Waals surface area contributed by atoms with E-state index in [1.165, 1.54) is 0 Å². The van der Waals surface area contributed by atoms with Crippen LogP contribution in [0.3, 0.4) is 0 Å². The maximum atomic E-state index is 12.0.